The Kier molecular flexibility index (Phi) is 5.51. The number of nitrogens with one attached hydrogen (secondary N) is 2. The molecule has 0 bridgehead atoms. The standard InChI is InChI=1S/C20H24N4O2/c1-3-21-19(25)16-8-9-18(22-12-16)23-17-10-11-24(20(17)26)13-15-6-4-14(2)5-7-15/h4-9,12,17H,3,10-11,13H2,1-2H3,(H,21,25)(H,22,23). The Bertz CT molecular complexity index is 771. The first-order valence-corrected chi connectivity index (χ1v) is 8.92. The number of hydrogen-bond acceptors (Lipinski definition) is 4. The van der Waals surface area contributed by atoms with Crippen LogP contribution in [0.5, 0.6) is 0 Å². The summed E-state index contributed by atoms with van der Waals surface area (Å²) >= 11 is 0. The normalized spacial score (nSPS) is 16.6. The lowest BCUT2D eigenvalue weighted by atomic mass is 10.1. The van der Waals surface area contributed by atoms with Gasteiger partial charge in [0, 0.05) is 25.8 Å². The predicted molar refractivity (Wildman–Crippen MR) is 101 cm³/mol. The van der Waals surface area contributed by atoms with E-state index in [1.165, 1.54) is 11.8 Å². The van der Waals surface area contributed by atoms with Gasteiger partial charge >= 0.3 is 0 Å². The highest BCUT2D eigenvalue weighted by atomic mass is 16.2. The molecular weight excluding hydrogens is 328 g/mol. The van der Waals surface area contributed by atoms with Gasteiger partial charge in [-0.15, -0.1) is 0 Å². The molecular formula is C20H24N4O2. The summed E-state index contributed by atoms with van der Waals surface area (Å²) in [5.74, 6) is 0.543. The Balaban J connectivity index is 1.58. The molecule has 1 aromatic heterocycles. The Morgan fingerprint density at radius 1 is 1.23 bits per heavy atom. The fourth-order valence-electron chi connectivity index (χ4n) is 3.00. The maximum atomic E-state index is 12.6. The van der Waals surface area contributed by atoms with Crippen LogP contribution in [0.2, 0.25) is 0 Å². The number of rotatable bonds is 6. The van der Waals surface area contributed by atoms with Crippen molar-refractivity contribution in [3.63, 3.8) is 0 Å². The van der Waals surface area contributed by atoms with Crippen molar-refractivity contribution in [1.82, 2.24) is 15.2 Å². The second-order valence-electron chi connectivity index (χ2n) is 6.52. The van der Waals surface area contributed by atoms with E-state index in [4.69, 9.17) is 0 Å². The van der Waals surface area contributed by atoms with Gasteiger partial charge in [0.25, 0.3) is 5.91 Å². The second-order valence-corrected chi connectivity index (χ2v) is 6.52. The number of benzene rings is 1. The third-order valence-electron chi connectivity index (χ3n) is 4.48. The van der Waals surface area contributed by atoms with Crippen molar-refractivity contribution < 1.29 is 9.59 Å². The van der Waals surface area contributed by atoms with Crippen LogP contribution in [-0.2, 0) is 11.3 Å². The molecule has 0 radical (unpaired) electrons. The van der Waals surface area contributed by atoms with Gasteiger partial charge in [0.2, 0.25) is 5.91 Å². The van der Waals surface area contributed by atoms with Crippen molar-refractivity contribution in [2.75, 3.05) is 18.4 Å². The lowest BCUT2D eigenvalue weighted by Gasteiger charge is -2.17. The number of carbonyl (C=O) groups excluding carboxylic acids is 2. The molecule has 2 amide bonds. The van der Waals surface area contributed by atoms with Crippen LogP contribution in [0.1, 0.15) is 34.8 Å². The van der Waals surface area contributed by atoms with Gasteiger partial charge in [0.1, 0.15) is 11.9 Å². The Labute approximate surface area is 153 Å². The van der Waals surface area contributed by atoms with E-state index in [1.807, 2.05) is 11.8 Å². The average Bonchev–Trinajstić information content (AvgIpc) is 2.98. The maximum absolute atomic E-state index is 12.6. The topological polar surface area (TPSA) is 74.3 Å². The largest absolute Gasteiger partial charge is 0.358 e. The van der Waals surface area contributed by atoms with E-state index >= 15 is 0 Å². The van der Waals surface area contributed by atoms with Gasteiger partial charge in [-0.25, -0.2) is 4.98 Å². The molecule has 1 aromatic carbocycles. The molecule has 136 valence electrons. The van der Waals surface area contributed by atoms with Gasteiger partial charge in [-0.1, -0.05) is 29.8 Å². The predicted octanol–water partition coefficient (Wildman–Crippen LogP) is 2.35. The number of aryl methyl sites for hydroxylation is 1. The van der Waals surface area contributed by atoms with Crippen LogP contribution in [0.15, 0.2) is 42.6 Å². The lowest BCUT2D eigenvalue weighted by Crippen LogP contribution is -2.33. The van der Waals surface area contributed by atoms with E-state index in [-0.39, 0.29) is 17.9 Å². The van der Waals surface area contributed by atoms with Gasteiger partial charge in [0.05, 0.1) is 5.56 Å². The number of aromatic nitrogens is 1. The molecule has 1 atom stereocenters. The summed E-state index contributed by atoms with van der Waals surface area (Å²) in [6.45, 7) is 5.85. The number of carbonyl (C=O) groups is 2. The van der Waals surface area contributed by atoms with Crippen LogP contribution in [0.4, 0.5) is 5.82 Å². The Morgan fingerprint density at radius 2 is 2.00 bits per heavy atom. The minimum Gasteiger partial charge on any atom is -0.358 e. The summed E-state index contributed by atoms with van der Waals surface area (Å²) in [7, 11) is 0. The van der Waals surface area contributed by atoms with Gasteiger partial charge in [-0.2, -0.15) is 0 Å². The molecule has 0 aliphatic carbocycles. The summed E-state index contributed by atoms with van der Waals surface area (Å²) < 4.78 is 0. The number of nitrogens with zero attached hydrogens (tertiary/aromatic N) is 2. The van der Waals surface area contributed by atoms with Crippen LogP contribution in [0, 0.1) is 6.92 Å². The number of hydrogen-bond donors (Lipinski definition) is 2. The van der Waals surface area contributed by atoms with Crippen molar-refractivity contribution in [2.45, 2.75) is 32.9 Å². The third-order valence-corrected chi connectivity index (χ3v) is 4.48. The van der Waals surface area contributed by atoms with Crippen LogP contribution >= 0.6 is 0 Å². The summed E-state index contributed by atoms with van der Waals surface area (Å²) in [6, 6.07) is 11.4. The first-order chi connectivity index (χ1) is 12.6. The van der Waals surface area contributed by atoms with E-state index in [2.05, 4.69) is 46.8 Å². The minimum atomic E-state index is -0.275. The fraction of sp³-hybridized carbons (Fsp3) is 0.350. The molecule has 2 heterocycles. The molecule has 1 fully saturated rings. The van der Waals surface area contributed by atoms with Crippen LogP contribution in [-0.4, -0.2) is 40.8 Å². The van der Waals surface area contributed by atoms with Crippen molar-refractivity contribution in [3.8, 4) is 0 Å². The lowest BCUT2D eigenvalue weighted by molar-refractivity contribution is -0.128. The smallest absolute Gasteiger partial charge is 0.252 e. The van der Waals surface area contributed by atoms with Crippen LogP contribution in [0.3, 0.4) is 0 Å². The molecule has 0 spiro atoms. The molecule has 6 nitrogen and oxygen atoms in total. The van der Waals surface area contributed by atoms with Crippen LogP contribution in [0.25, 0.3) is 0 Å². The van der Waals surface area contributed by atoms with Crippen LogP contribution < -0.4 is 10.6 Å². The molecule has 1 aliphatic rings. The van der Waals surface area contributed by atoms with Crippen molar-refractivity contribution in [3.05, 3.63) is 59.3 Å². The summed E-state index contributed by atoms with van der Waals surface area (Å²) in [6.07, 6.45) is 2.27. The van der Waals surface area contributed by atoms with E-state index in [0.29, 0.717) is 24.5 Å². The Hall–Kier alpha value is -2.89. The highest BCUT2D eigenvalue weighted by Gasteiger charge is 2.31. The Morgan fingerprint density at radius 3 is 2.65 bits per heavy atom. The van der Waals surface area contributed by atoms with E-state index in [0.717, 1.165) is 18.5 Å². The summed E-state index contributed by atoms with van der Waals surface area (Å²) in [5, 5.41) is 5.91. The van der Waals surface area contributed by atoms with E-state index in [1.54, 1.807) is 12.1 Å². The molecule has 1 aliphatic heterocycles. The van der Waals surface area contributed by atoms with Crippen molar-refractivity contribution in [2.24, 2.45) is 0 Å². The van der Waals surface area contributed by atoms with Crippen molar-refractivity contribution >= 4 is 17.6 Å². The van der Waals surface area contributed by atoms with Gasteiger partial charge < -0.3 is 15.5 Å². The molecule has 6 heteroatoms. The first kappa shape index (κ1) is 17.9. The van der Waals surface area contributed by atoms with Gasteiger partial charge in [0.15, 0.2) is 0 Å². The number of likely N-dealkylation sites (tertiary alicyclic amines) is 1. The molecule has 1 saturated heterocycles. The molecule has 3 rings (SSSR count). The molecule has 2 aromatic rings. The zero-order chi connectivity index (χ0) is 18.5. The molecule has 1 unspecified atom stereocenters. The number of pyridine rings is 1. The number of anilines is 1. The zero-order valence-electron chi connectivity index (χ0n) is 15.2. The highest BCUT2D eigenvalue weighted by molar-refractivity contribution is 5.94. The van der Waals surface area contributed by atoms with Gasteiger partial charge in [-0.05, 0) is 38.0 Å². The SMILES string of the molecule is CCNC(=O)c1ccc(NC2CCN(Cc3ccc(C)cc3)C2=O)nc1. The quantitative estimate of drug-likeness (QED) is 0.837. The van der Waals surface area contributed by atoms with Crippen molar-refractivity contribution in [1.29, 1.82) is 0 Å². The average molecular weight is 352 g/mol. The van der Waals surface area contributed by atoms with E-state index in [9.17, 15) is 9.59 Å². The first-order valence-electron chi connectivity index (χ1n) is 8.92. The van der Waals surface area contributed by atoms with E-state index < -0.39 is 0 Å². The second kappa shape index (κ2) is 7.99. The maximum Gasteiger partial charge on any atom is 0.252 e. The third kappa shape index (κ3) is 4.20. The minimum absolute atomic E-state index is 0.0835. The summed E-state index contributed by atoms with van der Waals surface area (Å²) in [5.41, 5.74) is 2.85. The van der Waals surface area contributed by atoms with Gasteiger partial charge in [-0.3, -0.25) is 9.59 Å². The molecule has 0 saturated carbocycles. The number of amides is 2. The molecule has 2 N–H and O–H groups in total. The zero-order valence-corrected chi connectivity index (χ0v) is 15.2. The summed E-state index contributed by atoms with van der Waals surface area (Å²) in [4.78, 5) is 30.5. The fourth-order valence-corrected chi connectivity index (χ4v) is 3.00. The monoisotopic (exact) mass is 352 g/mol. The molecule has 26 heavy (non-hydrogen) atoms. The highest BCUT2D eigenvalue weighted by Crippen LogP contribution is 2.19.